The fourth-order valence-electron chi connectivity index (χ4n) is 4.92. The number of pyridine rings is 4. The SMILES string of the molecule is COC(c1ccc(-n2cc(-c3ccnc(N)c3[N+](=O)[O-])cn2)nc1)C(F)(F)F.COC(c1ccc(Br)nc1)C(F)(F)F.Nc1nccc(-c2cn[nH]c2)c1[N+](=O)[O-]. The molecule has 5 N–H and O–H groups in total. The molecular weight excluding hydrogens is 842 g/mol. The minimum Gasteiger partial charge on any atom is -0.378 e. The molecule has 0 aliphatic carbocycles. The fraction of sp³-hybridized carbons (Fsp3) is 0.188. The van der Waals surface area contributed by atoms with E-state index in [-0.39, 0.29) is 45.5 Å². The number of halogens is 7. The van der Waals surface area contributed by atoms with Crippen molar-refractivity contribution in [2.45, 2.75) is 24.6 Å². The second-order valence-corrected chi connectivity index (χ2v) is 11.9. The molecule has 0 bridgehead atoms. The van der Waals surface area contributed by atoms with Gasteiger partial charge in [-0.1, -0.05) is 12.1 Å². The van der Waals surface area contributed by atoms with Crippen molar-refractivity contribution in [1.29, 1.82) is 0 Å². The summed E-state index contributed by atoms with van der Waals surface area (Å²) in [5.74, 6) is -0.120. The van der Waals surface area contributed by atoms with Gasteiger partial charge < -0.3 is 20.9 Å². The molecule has 25 heteroatoms. The highest BCUT2D eigenvalue weighted by Crippen LogP contribution is 2.37. The van der Waals surface area contributed by atoms with Crippen LogP contribution in [0.5, 0.6) is 0 Å². The maximum absolute atomic E-state index is 12.9. The lowest BCUT2D eigenvalue weighted by Crippen LogP contribution is -2.22. The molecule has 0 aromatic carbocycles. The number of nitrogens with two attached hydrogens (primary N) is 2. The number of hydrogen-bond donors (Lipinski definition) is 3. The summed E-state index contributed by atoms with van der Waals surface area (Å²) in [5.41, 5.74) is 11.9. The Morgan fingerprint density at radius 2 is 1.25 bits per heavy atom. The lowest BCUT2D eigenvalue weighted by atomic mass is 10.1. The largest absolute Gasteiger partial charge is 0.418 e. The Labute approximate surface area is 324 Å². The van der Waals surface area contributed by atoms with Gasteiger partial charge in [0.2, 0.25) is 11.6 Å². The monoisotopic (exact) mass is 868 g/mol. The van der Waals surface area contributed by atoms with E-state index in [0.29, 0.717) is 21.3 Å². The minimum absolute atomic E-state index is 0.0109. The van der Waals surface area contributed by atoms with Crippen molar-refractivity contribution in [1.82, 2.24) is 39.9 Å². The van der Waals surface area contributed by atoms with E-state index in [2.05, 4.69) is 60.6 Å². The summed E-state index contributed by atoms with van der Waals surface area (Å²) in [5, 5.41) is 32.4. The van der Waals surface area contributed by atoms with Crippen molar-refractivity contribution in [3.8, 4) is 28.1 Å². The standard InChI is InChI=1S/C16H13F3N6O3.C8H7BrF3NO.C8H7N5O2/c1-28-14(16(17,18)19)9-2-3-12(22-6-9)24-8-10(7-23-24)11-4-5-21-15(20)13(11)25(26)27;1-14-7(8(10,11)12)5-2-3-6(9)13-4-5;9-8-7(13(14)15)6(1-2-10-8)5-3-11-12-4-5/h2-8,14H,1H3,(H2,20,21);2-4,7H,1H3;1-4H,(H2,9,10)(H,11,12). The highest BCUT2D eigenvalue weighted by atomic mass is 79.9. The highest BCUT2D eigenvalue weighted by Gasteiger charge is 2.42. The van der Waals surface area contributed by atoms with E-state index in [1.807, 2.05) is 0 Å². The van der Waals surface area contributed by atoms with Crippen molar-refractivity contribution in [2.75, 3.05) is 25.7 Å². The van der Waals surface area contributed by atoms with Crippen LogP contribution in [0.1, 0.15) is 23.3 Å². The third-order valence-electron chi connectivity index (χ3n) is 7.40. The van der Waals surface area contributed by atoms with Crippen LogP contribution in [0.3, 0.4) is 0 Å². The van der Waals surface area contributed by atoms with Crippen LogP contribution in [-0.2, 0) is 9.47 Å². The number of ether oxygens (including phenoxy) is 2. The molecule has 6 aromatic rings. The average molecular weight is 870 g/mol. The van der Waals surface area contributed by atoms with Crippen LogP contribution in [0.2, 0.25) is 0 Å². The van der Waals surface area contributed by atoms with Gasteiger partial charge in [0, 0.05) is 73.7 Å². The molecule has 18 nitrogen and oxygen atoms in total. The zero-order valence-electron chi connectivity index (χ0n) is 29.0. The van der Waals surface area contributed by atoms with Gasteiger partial charge in [0.1, 0.15) is 4.60 Å². The lowest BCUT2D eigenvalue weighted by molar-refractivity contribution is -0.383. The lowest BCUT2D eigenvalue weighted by Gasteiger charge is -2.18. The number of nitrogen functional groups attached to an aromatic ring is 2. The van der Waals surface area contributed by atoms with Gasteiger partial charge >= 0.3 is 23.7 Å². The number of nitrogens with one attached hydrogen (secondary N) is 1. The van der Waals surface area contributed by atoms with Crippen LogP contribution in [0.4, 0.5) is 49.4 Å². The maximum Gasteiger partial charge on any atom is 0.418 e. The summed E-state index contributed by atoms with van der Waals surface area (Å²) < 4.78 is 86.4. The Bertz CT molecular complexity index is 2280. The van der Waals surface area contributed by atoms with Crippen molar-refractivity contribution >= 4 is 38.9 Å². The summed E-state index contributed by atoms with van der Waals surface area (Å²) in [6, 6.07) is 8.25. The normalized spacial score (nSPS) is 12.4. The van der Waals surface area contributed by atoms with E-state index in [1.54, 1.807) is 6.20 Å². The van der Waals surface area contributed by atoms with E-state index in [1.165, 1.54) is 72.1 Å². The molecule has 0 amide bonds. The number of nitrogens with zero attached hydrogens (tertiary/aromatic N) is 9. The van der Waals surface area contributed by atoms with E-state index >= 15 is 0 Å². The quantitative estimate of drug-likeness (QED) is 0.0566. The fourth-order valence-corrected chi connectivity index (χ4v) is 5.16. The molecule has 0 saturated carbocycles. The Kier molecular flexibility index (Phi) is 13.9. The number of alkyl halides is 6. The molecule has 2 atom stereocenters. The van der Waals surface area contributed by atoms with Crippen LogP contribution in [-0.4, -0.2) is 76.3 Å². The summed E-state index contributed by atoms with van der Waals surface area (Å²) in [6.07, 6.45) is -2.24. The number of hydrogen-bond acceptors (Lipinski definition) is 14. The Morgan fingerprint density at radius 1 is 0.737 bits per heavy atom. The van der Waals surface area contributed by atoms with Crippen LogP contribution in [0, 0.1) is 20.2 Å². The molecule has 57 heavy (non-hydrogen) atoms. The Balaban J connectivity index is 0.000000209. The Hall–Kier alpha value is -6.60. The van der Waals surface area contributed by atoms with Crippen molar-refractivity contribution in [2.24, 2.45) is 0 Å². The molecule has 2 unspecified atom stereocenters. The van der Waals surface area contributed by atoms with Gasteiger partial charge in [-0.15, -0.1) is 0 Å². The molecule has 0 fully saturated rings. The van der Waals surface area contributed by atoms with Gasteiger partial charge in [0.05, 0.1) is 33.4 Å². The Morgan fingerprint density at radius 3 is 1.65 bits per heavy atom. The number of methoxy groups -OCH3 is 2. The topological polar surface area (TPSA) is 255 Å². The summed E-state index contributed by atoms with van der Waals surface area (Å²) >= 11 is 3.03. The van der Waals surface area contributed by atoms with Gasteiger partial charge in [-0.25, -0.2) is 24.6 Å². The number of H-pyrrole nitrogens is 1. The molecule has 6 aromatic heterocycles. The van der Waals surface area contributed by atoms with Crippen molar-refractivity contribution in [3.63, 3.8) is 0 Å². The van der Waals surface area contributed by atoms with Crippen LogP contribution in [0.25, 0.3) is 28.1 Å². The maximum atomic E-state index is 12.9. The first-order chi connectivity index (χ1) is 26.9. The number of anilines is 2. The van der Waals surface area contributed by atoms with Gasteiger partial charge in [0.15, 0.2) is 18.0 Å². The van der Waals surface area contributed by atoms with Crippen LogP contribution < -0.4 is 11.5 Å². The van der Waals surface area contributed by atoms with Gasteiger partial charge in [0.25, 0.3) is 0 Å². The summed E-state index contributed by atoms with van der Waals surface area (Å²) in [6.45, 7) is 0. The molecule has 0 spiro atoms. The first-order valence-corrected chi connectivity index (χ1v) is 16.2. The molecular formula is C32H27BrF6N12O6. The second-order valence-electron chi connectivity index (χ2n) is 11.0. The van der Waals surface area contributed by atoms with Gasteiger partial charge in [-0.3, -0.25) is 25.3 Å². The zero-order valence-corrected chi connectivity index (χ0v) is 30.6. The van der Waals surface area contributed by atoms with Crippen LogP contribution in [0.15, 0.2) is 90.6 Å². The number of rotatable bonds is 9. The number of nitro groups is 2. The van der Waals surface area contributed by atoms with Crippen LogP contribution >= 0.6 is 15.9 Å². The van der Waals surface area contributed by atoms with E-state index in [4.69, 9.17) is 11.5 Å². The van der Waals surface area contributed by atoms with Crippen molar-refractivity contribution in [3.05, 3.63) is 122 Å². The minimum atomic E-state index is -4.57. The first-order valence-electron chi connectivity index (χ1n) is 15.5. The molecule has 0 aliphatic heterocycles. The van der Waals surface area contributed by atoms with Gasteiger partial charge in [-0.05, 0) is 40.2 Å². The summed E-state index contributed by atoms with van der Waals surface area (Å²) in [7, 11) is 1.97. The predicted octanol–water partition coefficient (Wildman–Crippen LogP) is 7.13. The molecule has 6 heterocycles. The highest BCUT2D eigenvalue weighted by molar-refractivity contribution is 9.10. The van der Waals surface area contributed by atoms with E-state index in [9.17, 15) is 46.6 Å². The smallest absolute Gasteiger partial charge is 0.378 e. The molecule has 6 rings (SSSR count). The van der Waals surface area contributed by atoms with E-state index in [0.717, 1.165) is 26.6 Å². The second kappa shape index (κ2) is 18.4. The molecule has 0 saturated heterocycles. The molecule has 300 valence electrons. The number of aromatic amines is 1. The number of aromatic nitrogens is 8. The van der Waals surface area contributed by atoms with Gasteiger partial charge in [-0.2, -0.15) is 36.5 Å². The van der Waals surface area contributed by atoms with E-state index < -0.39 is 34.4 Å². The molecule has 0 radical (unpaired) electrons. The predicted molar refractivity (Wildman–Crippen MR) is 192 cm³/mol. The third-order valence-corrected chi connectivity index (χ3v) is 7.87. The third kappa shape index (κ3) is 10.8. The zero-order chi connectivity index (χ0) is 42.1. The summed E-state index contributed by atoms with van der Waals surface area (Å²) in [4.78, 5) is 35.9. The van der Waals surface area contributed by atoms with Crippen molar-refractivity contribution < 1.29 is 45.7 Å². The average Bonchev–Trinajstić information content (AvgIpc) is 3.86. The first kappa shape index (κ1) is 43.1. The molecule has 0 aliphatic rings.